The number of hydrogen-bond acceptors (Lipinski definition) is 4. The highest BCUT2D eigenvalue weighted by Gasteiger charge is 2.11. The van der Waals surface area contributed by atoms with E-state index in [-0.39, 0.29) is 11.9 Å². The highest BCUT2D eigenvalue weighted by molar-refractivity contribution is 5.90. The number of urea groups is 1. The average molecular weight is 331 g/mol. The van der Waals surface area contributed by atoms with E-state index in [1.165, 1.54) is 0 Å². The molecule has 2 rings (SSSR count). The van der Waals surface area contributed by atoms with Gasteiger partial charge < -0.3 is 20.2 Å². The Hall–Kier alpha value is -2.34. The molecule has 0 aliphatic carbocycles. The number of aliphatic hydroxyl groups is 1. The summed E-state index contributed by atoms with van der Waals surface area (Å²) in [6.45, 7) is 8.10. The summed E-state index contributed by atoms with van der Waals surface area (Å²) in [5, 5.41) is 15.3. The first-order chi connectivity index (χ1) is 11.4. The van der Waals surface area contributed by atoms with Crippen molar-refractivity contribution in [1.82, 2.24) is 10.3 Å². The number of anilines is 1. The van der Waals surface area contributed by atoms with Gasteiger partial charge in [-0.1, -0.05) is 19.9 Å². The molecule has 2 amide bonds. The van der Waals surface area contributed by atoms with Crippen molar-refractivity contribution in [3.63, 3.8) is 0 Å². The minimum atomic E-state index is -0.413. The lowest BCUT2D eigenvalue weighted by Gasteiger charge is -2.15. The van der Waals surface area contributed by atoms with Gasteiger partial charge in [-0.15, -0.1) is 0 Å². The molecule has 0 aliphatic rings. The Morgan fingerprint density at radius 1 is 1.33 bits per heavy atom. The molecule has 0 bridgehead atoms. The van der Waals surface area contributed by atoms with Crippen molar-refractivity contribution in [1.29, 1.82) is 0 Å². The molecular formula is C18H25N3O3. The van der Waals surface area contributed by atoms with Crippen molar-refractivity contribution in [3.8, 4) is 11.5 Å². The highest BCUT2D eigenvalue weighted by atomic mass is 16.3. The van der Waals surface area contributed by atoms with E-state index in [9.17, 15) is 9.90 Å². The Kier molecular flexibility index (Phi) is 5.98. The van der Waals surface area contributed by atoms with Crippen LogP contribution in [0.15, 0.2) is 28.9 Å². The molecule has 1 unspecified atom stereocenters. The minimum Gasteiger partial charge on any atom is -0.444 e. The quantitative estimate of drug-likeness (QED) is 0.756. The Morgan fingerprint density at radius 3 is 2.71 bits per heavy atom. The van der Waals surface area contributed by atoms with Gasteiger partial charge in [0.2, 0.25) is 5.89 Å². The number of carbonyl (C=O) groups is 1. The zero-order valence-corrected chi connectivity index (χ0v) is 14.6. The highest BCUT2D eigenvalue weighted by Crippen LogP contribution is 2.24. The molecule has 1 atom stereocenters. The third kappa shape index (κ3) is 4.83. The van der Waals surface area contributed by atoms with Crippen LogP contribution >= 0.6 is 0 Å². The predicted molar refractivity (Wildman–Crippen MR) is 93.9 cm³/mol. The first-order valence-electron chi connectivity index (χ1n) is 8.13. The molecule has 1 heterocycles. The van der Waals surface area contributed by atoms with Gasteiger partial charge in [-0.05, 0) is 43.9 Å². The van der Waals surface area contributed by atoms with Crippen LogP contribution in [0.5, 0.6) is 0 Å². The summed E-state index contributed by atoms with van der Waals surface area (Å²) in [6, 6.07) is 5.36. The molecule has 0 saturated heterocycles. The minimum absolute atomic E-state index is 0.179. The van der Waals surface area contributed by atoms with Gasteiger partial charge >= 0.3 is 6.03 Å². The fourth-order valence-corrected chi connectivity index (χ4v) is 2.21. The number of aromatic nitrogens is 1. The average Bonchev–Trinajstić information content (AvgIpc) is 2.95. The van der Waals surface area contributed by atoms with E-state index >= 15 is 0 Å². The number of benzene rings is 1. The number of aliphatic hydroxyl groups excluding tert-OH is 1. The third-order valence-electron chi connectivity index (χ3n) is 3.85. The number of carbonyl (C=O) groups excluding carboxylic acids is 1. The summed E-state index contributed by atoms with van der Waals surface area (Å²) in [7, 11) is 0. The van der Waals surface area contributed by atoms with Gasteiger partial charge in [0, 0.05) is 17.8 Å². The van der Waals surface area contributed by atoms with Gasteiger partial charge in [0.05, 0.1) is 11.8 Å². The summed E-state index contributed by atoms with van der Waals surface area (Å²) < 4.78 is 5.40. The molecule has 1 aromatic carbocycles. The summed E-state index contributed by atoms with van der Waals surface area (Å²) in [5.41, 5.74) is 3.26. The zero-order valence-electron chi connectivity index (χ0n) is 14.6. The van der Waals surface area contributed by atoms with E-state index in [0.29, 0.717) is 24.5 Å². The standard InChI is InChI=1S/C18H25N3O3/c1-11(2)16(22)7-8-19-18(23)21-15-9-14(6-5-12(15)3)17-20-13(4)10-24-17/h5-6,9-11,16,22H,7-8H2,1-4H3,(H2,19,21,23). The third-order valence-corrected chi connectivity index (χ3v) is 3.85. The molecule has 6 nitrogen and oxygen atoms in total. The Labute approximate surface area is 142 Å². The SMILES string of the molecule is Cc1coc(-c2ccc(C)c(NC(=O)NCCC(O)C(C)C)c2)n1. The van der Waals surface area contributed by atoms with Crippen LogP contribution in [-0.4, -0.2) is 28.8 Å². The van der Waals surface area contributed by atoms with Gasteiger partial charge in [0.1, 0.15) is 6.26 Å². The second-order valence-corrected chi connectivity index (χ2v) is 6.30. The molecule has 2 aromatic rings. The van der Waals surface area contributed by atoms with E-state index in [4.69, 9.17) is 4.42 Å². The monoisotopic (exact) mass is 331 g/mol. The normalized spacial score (nSPS) is 12.2. The Balaban J connectivity index is 1.97. The van der Waals surface area contributed by atoms with Gasteiger partial charge in [-0.2, -0.15) is 0 Å². The van der Waals surface area contributed by atoms with Gasteiger partial charge in [-0.3, -0.25) is 0 Å². The number of nitrogens with one attached hydrogen (secondary N) is 2. The van der Waals surface area contributed by atoms with E-state index in [2.05, 4.69) is 15.6 Å². The Bertz CT molecular complexity index is 695. The maximum Gasteiger partial charge on any atom is 0.319 e. The van der Waals surface area contributed by atoms with Crippen molar-refractivity contribution in [3.05, 3.63) is 35.7 Å². The van der Waals surface area contributed by atoms with Crippen molar-refractivity contribution < 1.29 is 14.3 Å². The summed E-state index contributed by atoms with van der Waals surface area (Å²) in [4.78, 5) is 16.3. The first kappa shape index (κ1) is 18.0. The largest absolute Gasteiger partial charge is 0.444 e. The van der Waals surface area contributed by atoms with Crippen molar-refractivity contribution in [2.24, 2.45) is 5.92 Å². The van der Waals surface area contributed by atoms with Gasteiger partial charge in [-0.25, -0.2) is 9.78 Å². The lowest BCUT2D eigenvalue weighted by Crippen LogP contribution is -2.32. The predicted octanol–water partition coefficient (Wildman–Crippen LogP) is 3.49. The fourth-order valence-electron chi connectivity index (χ4n) is 2.21. The molecule has 6 heteroatoms. The molecule has 0 fully saturated rings. The van der Waals surface area contributed by atoms with Crippen LogP contribution in [0.4, 0.5) is 10.5 Å². The summed E-state index contributed by atoms with van der Waals surface area (Å²) >= 11 is 0. The molecule has 0 radical (unpaired) electrons. The second kappa shape index (κ2) is 7.97. The number of nitrogens with zero attached hydrogens (tertiary/aromatic N) is 1. The molecule has 0 spiro atoms. The van der Waals surface area contributed by atoms with Crippen LogP contribution in [0.1, 0.15) is 31.5 Å². The van der Waals surface area contributed by atoms with Crippen LogP contribution < -0.4 is 10.6 Å². The summed E-state index contributed by atoms with van der Waals surface area (Å²) in [6.07, 6.45) is 1.71. The first-order valence-corrected chi connectivity index (χ1v) is 8.13. The summed E-state index contributed by atoms with van der Waals surface area (Å²) in [5.74, 6) is 0.703. The van der Waals surface area contributed by atoms with Crippen LogP contribution in [0.25, 0.3) is 11.5 Å². The molecule has 1 aromatic heterocycles. The number of oxazole rings is 1. The van der Waals surface area contributed by atoms with Crippen LogP contribution in [0.2, 0.25) is 0 Å². The molecule has 130 valence electrons. The second-order valence-electron chi connectivity index (χ2n) is 6.30. The number of rotatable bonds is 6. The number of aryl methyl sites for hydroxylation is 2. The van der Waals surface area contributed by atoms with Crippen LogP contribution in [0, 0.1) is 19.8 Å². The van der Waals surface area contributed by atoms with Gasteiger partial charge in [0.15, 0.2) is 0 Å². The molecule has 0 aliphatic heterocycles. The maximum atomic E-state index is 12.0. The van der Waals surface area contributed by atoms with E-state index in [1.807, 2.05) is 45.9 Å². The molecular weight excluding hydrogens is 306 g/mol. The van der Waals surface area contributed by atoms with Crippen molar-refractivity contribution >= 4 is 11.7 Å². The van der Waals surface area contributed by atoms with Crippen molar-refractivity contribution in [2.45, 2.75) is 40.2 Å². The smallest absolute Gasteiger partial charge is 0.319 e. The lowest BCUT2D eigenvalue weighted by molar-refractivity contribution is 0.117. The maximum absolute atomic E-state index is 12.0. The van der Waals surface area contributed by atoms with Crippen molar-refractivity contribution in [2.75, 3.05) is 11.9 Å². The van der Waals surface area contributed by atoms with E-state index < -0.39 is 6.10 Å². The van der Waals surface area contributed by atoms with E-state index in [1.54, 1.807) is 6.26 Å². The number of amides is 2. The van der Waals surface area contributed by atoms with E-state index in [0.717, 1.165) is 16.8 Å². The molecule has 3 N–H and O–H groups in total. The topological polar surface area (TPSA) is 87.4 Å². The lowest BCUT2D eigenvalue weighted by atomic mass is 10.0. The van der Waals surface area contributed by atoms with Crippen LogP contribution in [0.3, 0.4) is 0 Å². The van der Waals surface area contributed by atoms with Gasteiger partial charge in [0.25, 0.3) is 0 Å². The fraction of sp³-hybridized carbons (Fsp3) is 0.444. The number of hydrogen-bond donors (Lipinski definition) is 3. The zero-order chi connectivity index (χ0) is 17.7. The molecule has 24 heavy (non-hydrogen) atoms. The van der Waals surface area contributed by atoms with Crippen LogP contribution in [-0.2, 0) is 0 Å². The Morgan fingerprint density at radius 2 is 2.08 bits per heavy atom. The molecule has 0 saturated carbocycles.